The van der Waals surface area contributed by atoms with Gasteiger partial charge in [0.05, 0.1) is 21.6 Å². The summed E-state index contributed by atoms with van der Waals surface area (Å²) in [5.74, 6) is -0.512. The molecular formula is C11H12BrCl2NO4S. The van der Waals surface area contributed by atoms with Crippen molar-refractivity contribution in [2.24, 2.45) is 0 Å². The fourth-order valence-electron chi connectivity index (χ4n) is 1.29. The van der Waals surface area contributed by atoms with Crippen LogP contribution in [0.15, 0.2) is 21.5 Å². The van der Waals surface area contributed by atoms with E-state index in [4.69, 9.17) is 27.0 Å². The van der Waals surface area contributed by atoms with E-state index in [-0.39, 0.29) is 32.6 Å². The SMILES string of the molecule is COC(C)CNC(=O)c1cc(S(=O)(=O)Cl)cc(Br)c1Cl. The van der Waals surface area contributed by atoms with E-state index in [1.165, 1.54) is 13.2 Å². The average molecular weight is 405 g/mol. The van der Waals surface area contributed by atoms with Crippen LogP contribution in [-0.4, -0.2) is 34.1 Å². The molecule has 0 saturated heterocycles. The Balaban J connectivity index is 3.11. The molecular weight excluding hydrogens is 393 g/mol. The number of ether oxygens (including phenoxy) is 1. The van der Waals surface area contributed by atoms with Crippen LogP contribution >= 0.6 is 38.2 Å². The van der Waals surface area contributed by atoms with Gasteiger partial charge in [0, 0.05) is 28.8 Å². The molecule has 0 heterocycles. The molecule has 112 valence electrons. The van der Waals surface area contributed by atoms with E-state index in [0.29, 0.717) is 0 Å². The summed E-state index contributed by atoms with van der Waals surface area (Å²) in [6.45, 7) is 2.04. The highest BCUT2D eigenvalue weighted by molar-refractivity contribution is 9.10. The van der Waals surface area contributed by atoms with Gasteiger partial charge in [0.1, 0.15) is 0 Å². The fraction of sp³-hybridized carbons (Fsp3) is 0.364. The molecule has 1 unspecified atom stereocenters. The van der Waals surface area contributed by atoms with Crippen LogP contribution in [0.25, 0.3) is 0 Å². The van der Waals surface area contributed by atoms with Crippen molar-refractivity contribution in [3.8, 4) is 0 Å². The van der Waals surface area contributed by atoms with Crippen LogP contribution in [-0.2, 0) is 13.8 Å². The summed E-state index contributed by atoms with van der Waals surface area (Å²) in [6.07, 6.45) is -0.180. The highest BCUT2D eigenvalue weighted by atomic mass is 79.9. The normalized spacial score (nSPS) is 13.1. The van der Waals surface area contributed by atoms with Crippen LogP contribution in [0.5, 0.6) is 0 Å². The van der Waals surface area contributed by atoms with Gasteiger partial charge in [0.15, 0.2) is 0 Å². The second-order valence-corrected chi connectivity index (χ2v) is 7.76. The third-order valence-electron chi connectivity index (χ3n) is 2.48. The largest absolute Gasteiger partial charge is 0.380 e. The van der Waals surface area contributed by atoms with E-state index in [1.807, 2.05) is 0 Å². The maximum absolute atomic E-state index is 12.0. The number of nitrogens with one attached hydrogen (secondary N) is 1. The molecule has 0 radical (unpaired) electrons. The Bertz CT molecular complexity index is 621. The van der Waals surface area contributed by atoms with Gasteiger partial charge in [-0.15, -0.1) is 0 Å². The summed E-state index contributed by atoms with van der Waals surface area (Å²) in [4.78, 5) is 11.8. The van der Waals surface area contributed by atoms with Crippen molar-refractivity contribution in [1.29, 1.82) is 0 Å². The minimum Gasteiger partial charge on any atom is -0.380 e. The molecule has 20 heavy (non-hydrogen) atoms. The van der Waals surface area contributed by atoms with E-state index in [2.05, 4.69) is 21.2 Å². The molecule has 0 aliphatic heterocycles. The second-order valence-electron chi connectivity index (χ2n) is 3.96. The molecule has 0 bridgehead atoms. The number of hydrogen-bond donors (Lipinski definition) is 1. The molecule has 0 aromatic heterocycles. The molecule has 0 saturated carbocycles. The van der Waals surface area contributed by atoms with Crippen molar-refractivity contribution >= 4 is 53.2 Å². The lowest BCUT2D eigenvalue weighted by atomic mass is 10.2. The van der Waals surface area contributed by atoms with E-state index in [0.717, 1.165) is 6.07 Å². The molecule has 1 atom stereocenters. The highest BCUT2D eigenvalue weighted by Crippen LogP contribution is 2.31. The van der Waals surface area contributed by atoms with Gasteiger partial charge in [0.2, 0.25) is 0 Å². The van der Waals surface area contributed by atoms with Crippen molar-refractivity contribution in [3.05, 3.63) is 27.2 Å². The Labute approximate surface area is 135 Å². The van der Waals surface area contributed by atoms with Crippen LogP contribution in [0.2, 0.25) is 5.02 Å². The van der Waals surface area contributed by atoms with Gasteiger partial charge in [-0.2, -0.15) is 0 Å². The quantitative estimate of drug-likeness (QED) is 0.765. The topological polar surface area (TPSA) is 72.5 Å². The Hall–Kier alpha value is -0.340. The van der Waals surface area contributed by atoms with E-state index in [1.54, 1.807) is 6.92 Å². The van der Waals surface area contributed by atoms with Crippen LogP contribution in [0.3, 0.4) is 0 Å². The zero-order valence-corrected chi connectivity index (χ0v) is 14.5. The molecule has 1 rings (SSSR count). The van der Waals surface area contributed by atoms with Crippen LogP contribution in [0.4, 0.5) is 0 Å². The number of rotatable bonds is 5. The second kappa shape index (κ2) is 7.09. The van der Waals surface area contributed by atoms with Gasteiger partial charge in [-0.3, -0.25) is 4.79 Å². The summed E-state index contributed by atoms with van der Waals surface area (Å²) < 4.78 is 27.9. The Kier molecular flexibility index (Phi) is 6.27. The van der Waals surface area contributed by atoms with Crippen LogP contribution in [0, 0.1) is 0 Å². The van der Waals surface area contributed by atoms with Gasteiger partial charge in [-0.25, -0.2) is 8.42 Å². The standard InChI is InChI=1S/C11H12BrCl2NO4S/c1-6(19-2)5-15-11(16)8-3-7(20(14,17)18)4-9(12)10(8)13/h3-4,6H,5H2,1-2H3,(H,15,16). The molecule has 0 aliphatic rings. The fourth-order valence-corrected chi connectivity index (χ4v) is 2.88. The van der Waals surface area contributed by atoms with E-state index in [9.17, 15) is 13.2 Å². The predicted octanol–water partition coefficient (Wildman–Crippen LogP) is 2.79. The molecule has 1 aromatic carbocycles. The van der Waals surface area contributed by atoms with Gasteiger partial charge < -0.3 is 10.1 Å². The zero-order chi connectivity index (χ0) is 15.5. The lowest BCUT2D eigenvalue weighted by Crippen LogP contribution is -2.31. The summed E-state index contributed by atoms with van der Waals surface area (Å²) in [7, 11) is 2.83. The molecule has 5 nitrogen and oxygen atoms in total. The van der Waals surface area contributed by atoms with Crippen molar-refractivity contribution in [2.45, 2.75) is 17.9 Å². The smallest absolute Gasteiger partial charge is 0.261 e. The van der Waals surface area contributed by atoms with Gasteiger partial charge in [-0.05, 0) is 35.0 Å². The number of carbonyl (C=O) groups excluding carboxylic acids is 1. The number of hydrogen-bond acceptors (Lipinski definition) is 4. The van der Waals surface area contributed by atoms with Crippen molar-refractivity contribution in [1.82, 2.24) is 5.32 Å². The average Bonchev–Trinajstić information content (AvgIpc) is 2.37. The van der Waals surface area contributed by atoms with Gasteiger partial charge in [-0.1, -0.05) is 11.6 Å². The molecule has 1 N–H and O–H groups in total. The third-order valence-corrected chi connectivity index (χ3v) is 5.07. The van der Waals surface area contributed by atoms with Gasteiger partial charge >= 0.3 is 0 Å². The Morgan fingerprint density at radius 3 is 2.60 bits per heavy atom. The third kappa shape index (κ3) is 4.60. The first-order valence-electron chi connectivity index (χ1n) is 5.41. The molecule has 0 fully saturated rings. The first kappa shape index (κ1) is 17.7. The summed E-state index contributed by atoms with van der Waals surface area (Å²) >= 11 is 9.07. The summed E-state index contributed by atoms with van der Waals surface area (Å²) in [5, 5.41) is 2.70. The predicted molar refractivity (Wildman–Crippen MR) is 81.0 cm³/mol. The first-order valence-corrected chi connectivity index (χ1v) is 8.89. The first-order chi connectivity index (χ1) is 9.16. The number of methoxy groups -OCH3 is 1. The van der Waals surface area contributed by atoms with Crippen LogP contribution < -0.4 is 5.32 Å². The van der Waals surface area contributed by atoms with Crippen LogP contribution in [0.1, 0.15) is 17.3 Å². The van der Waals surface area contributed by atoms with Gasteiger partial charge in [0.25, 0.3) is 15.0 Å². The van der Waals surface area contributed by atoms with E-state index >= 15 is 0 Å². The molecule has 0 spiro atoms. The maximum atomic E-state index is 12.0. The highest BCUT2D eigenvalue weighted by Gasteiger charge is 2.20. The molecule has 1 aromatic rings. The Morgan fingerprint density at radius 1 is 1.50 bits per heavy atom. The zero-order valence-electron chi connectivity index (χ0n) is 10.6. The van der Waals surface area contributed by atoms with Crippen molar-refractivity contribution in [3.63, 3.8) is 0 Å². The summed E-state index contributed by atoms with van der Waals surface area (Å²) in [5.41, 5.74) is 0.0172. The molecule has 0 aliphatic carbocycles. The minimum atomic E-state index is -3.96. The van der Waals surface area contributed by atoms with Crippen molar-refractivity contribution < 1.29 is 17.9 Å². The minimum absolute atomic E-state index is 0.0172. The summed E-state index contributed by atoms with van der Waals surface area (Å²) in [6, 6.07) is 2.36. The number of benzene rings is 1. The number of amides is 1. The van der Waals surface area contributed by atoms with Crippen molar-refractivity contribution in [2.75, 3.05) is 13.7 Å². The number of carbonyl (C=O) groups is 1. The van der Waals surface area contributed by atoms with E-state index < -0.39 is 15.0 Å². The number of halogens is 3. The molecule has 1 amide bonds. The lowest BCUT2D eigenvalue weighted by molar-refractivity contribution is 0.0870. The Morgan fingerprint density at radius 2 is 2.10 bits per heavy atom. The monoisotopic (exact) mass is 403 g/mol. The lowest BCUT2D eigenvalue weighted by Gasteiger charge is -2.12. The molecule has 9 heteroatoms. The maximum Gasteiger partial charge on any atom is 0.261 e.